The van der Waals surface area contributed by atoms with E-state index in [2.05, 4.69) is 14.4 Å². The molecule has 1 saturated heterocycles. The van der Waals surface area contributed by atoms with Gasteiger partial charge in [0.25, 0.3) is 0 Å². The Bertz CT molecular complexity index is 286. The molecule has 0 aromatic rings. The normalized spacial score (nSPS) is 17.5. The van der Waals surface area contributed by atoms with Crippen molar-refractivity contribution < 1.29 is 19.1 Å². The molecule has 0 aromatic carbocycles. The van der Waals surface area contributed by atoms with E-state index < -0.39 is 0 Å². The van der Waals surface area contributed by atoms with Crippen LogP contribution in [0.5, 0.6) is 0 Å². The average molecular weight is 303 g/mol. The molecule has 0 saturated carbocycles. The summed E-state index contributed by atoms with van der Waals surface area (Å²) in [5.41, 5.74) is 0. The van der Waals surface area contributed by atoms with Crippen LogP contribution in [0, 0.1) is 0 Å². The number of ether oxygens (including phenoxy) is 2. The maximum absolute atomic E-state index is 11.3. The van der Waals surface area contributed by atoms with Crippen molar-refractivity contribution in [2.75, 3.05) is 39.6 Å². The molecule has 6 heteroatoms. The predicted octanol–water partition coefficient (Wildman–Crippen LogP) is 1.70. The van der Waals surface area contributed by atoms with Crippen LogP contribution in [0.4, 0.5) is 0 Å². The van der Waals surface area contributed by atoms with Crippen molar-refractivity contribution in [3.05, 3.63) is 0 Å². The van der Waals surface area contributed by atoms with Crippen LogP contribution < -0.4 is 0 Å². The van der Waals surface area contributed by atoms with Crippen molar-refractivity contribution in [2.24, 2.45) is 0 Å². The quantitative estimate of drug-likeness (QED) is 0.636. The third-order valence-corrected chi connectivity index (χ3v) is 4.73. The lowest BCUT2D eigenvalue weighted by molar-refractivity contribution is -0.140. The lowest BCUT2D eigenvalue weighted by atomic mass is 10.1. The largest absolute Gasteiger partial charge is 0.469 e. The fraction of sp³-hybridized carbons (Fsp3) is 0.857. The van der Waals surface area contributed by atoms with E-state index in [-0.39, 0.29) is 17.2 Å². The van der Waals surface area contributed by atoms with Gasteiger partial charge in [-0.2, -0.15) is 0 Å². The molecule has 5 nitrogen and oxygen atoms in total. The van der Waals surface area contributed by atoms with E-state index in [1.54, 1.807) is 11.8 Å². The summed E-state index contributed by atoms with van der Waals surface area (Å²) in [4.78, 5) is 24.9. The van der Waals surface area contributed by atoms with Crippen LogP contribution in [0.1, 0.15) is 32.1 Å². The maximum atomic E-state index is 11.3. The zero-order valence-electron chi connectivity index (χ0n) is 12.4. The first kappa shape index (κ1) is 17.3. The van der Waals surface area contributed by atoms with Crippen molar-refractivity contribution in [1.82, 2.24) is 4.90 Å². The van der Waals surface area contributed by atoms with E-state index in [4.69, 9.17) is 0 Å². The van der Waals surface area contributed by atoms with Gasteiger partial charge in [0.05, 0.1) is 20.0 Å². The molecule has 1 rings (SSSR count). The highest BCUT2D eigenvalue weighted by Crippen LogP contribution is 2.20. The monoisotopic (exact) mass is 303 g/mol. The van der Waals surface area contributed by atoms with Crippen LogP contribution in [0.15, 0.2) is 0 Å². The van der Waals surface area contributed by atoms with Crippen LogP contribution in [0.25, 0.3) is 0 Å². The number of carbonyl (C=O) groups excluding carboxylic acids is 2. The first-order valence-electron chi connectivity index (χ1n) is 7.13. The second kappa shape index (κ2) is 10.0. The molecule has 1 fully saturated rings. The summed E-state index contributed by atoms with van der Waals surface area (Å²) in [5.74, 6) is -0.0556. The molecule has 0 aromatic heterocycles. The molecular formula is C14H25NO4S. The lowest BCUT2D eigenvalue weighted by Crippen LogP contribution is -2.36. The molecule has 0 radical (unpaired) electrons. The summed E-state index contributed by atoms with van der Waals surface area (Å²) < 4.78 is 9.36. The number of carbonyl (C=O) groups is 2. The van der Waals surface area contributed by atoms with E-state index in [9.17, 15) is 9.59 Å². The van der Waals surface area contributed by atoms with Gasteiger partial charge in [0, 0.05) is 18.2 Å². The summed E-state index contributed by atoms with van der Waals surface area (Å²) in [6.07, 6.45) is 4.93. The Morgan fingerprint density at radius 3 is 2.35 bits per heavy atom. The van der Waals surface area contributed by atoms with E-state index in [0.717, 1.165) is 26.1 Å². The number of esters is 2. The molecule has 1 unspecified atom stereocenters. The van der Waals surface area contributed by atoms with Crippen molar-refractivity contribution in [1.29, 1.82) is 0 Å². The van der Waals surface area contributed by atoms with Gasteiger partial charge in [-0.3, -0.25) is 9.59 Å². The third-order valence-electron chi connectivity index (χ3n) is 3.47. The Kier molecular flexibility index (Phi) is 8.69. The highest BCUT2D eigenvalue weighted by Gasteiger charge is 2.19. The minimum absolute atomic E-state index is 0.188. The first-order valence-corrected chi connectivity index (χ1v) is 8.18. The van der Waals surface area contributed by atoms with E-state index >= 15 is 0 Å². The number of likely N-dealkylation sites (tertiary alicyclic amines) is 1. The van der Waals surface area contributed by atoms with Crippen LogP contribution in [0.3, 0.4) is 0 Å². The molecule has 116 valence electrons. The van der Waals surface area contributed by atoms with Crippen molar-refractivity contribution in [3.63, 3.8) is 0 Å². The Hall–Kier alpha value is -0.750. The van der Waals surface area contributed by atoms with Crippen molar-refractivity contribution in [3.8, 4) is 0 Å². The predicted molar refractivity (Wildman–Crippen MR) is 79.8 cm³/mol. The highest BCUT2D eigenvalue weighted by atomic mass is 32.2. The fourth-order valence-corrected chi connectivity index (χ4v) is 3.37. The third kappa shape index (κ3) is 7.14. The first-order chi connectivity index (χ1) is 9.65. The van der Waals surface area contributed by atoms with Gasteiger partial charge in [0.1, 0.15) is 0 Å². The van der Waals surface area contributed by atoms with Gasteiger partial charge < -0.3 is 14.4 Å². The molecule has 1 atom stereocenters. The molecule has 0 spiro atoms. The lowest BCUT2D eigenvalue weighted by Gasteiger charge is -2.30. The van der Waals surface area contributed by atoms with Gasteiger partial charge >= 0.3 is 11.9 Å². The van der Waals surface area contributed by atoms with Crippen LogP contribution >= 0.6 is 11.8 Å². The maximum Gasteiger partial charge on any atom is 0.315 e. The van der Waals surface area contributed by atoms with Crippen molar-refractivity contribution >= 4 is 23.7 Å². The van der Waals surface area contributed by atoms with Gasteiger partial charge in [-0.05, 0) is 32.4 Å². The SMILES string of the molecule is COC(=O)CCC(CN1CCCCC1)SCC(=O)OC. The molecule has 1 aliphatic heterocycles. The second-order valence-electron chi connectivity index (χ2n) is 4.99. The van der Waals surface area contributed by atoms with Gasteiger partial charge in [-0.1, -0.05) is 6.42 Å². The highest BCUT2D eigenvalue weighted by molar-refractivity contribution is 8.00. The van der Waals surface area contributed by atoms with Crippen LogP contribution in [-0.2, 0) is 19.1 Å². The Morgan fingerprint density at radius 2 is 1.75 bits per heavy atom. The van der Waals surface area contributed by atoms with Crippen LogP contribution in [0.2, 0.25) is 0 Å². The molecule has 1 aliphatic rings. The molecule has 0 bridgehead atoms. The molecule has 1 heterocycles. The van der Waals surface area contributed by atoms with Gasteiger partial charge in [0.15, 0.2) is 0 Å². The standard InChI is InChI=1S/C14H25NO4S/c1-18-13(16)7-6-12(20-11-14(17)19-2)10-15-8-4-3-5-9-15/h12H,3-11H2,1-2H3. The zero-order valence-corrected chi connectivity index (χ0v) is 13.2. The van der Waals surface area contributed by atoms with E-state index in [0.29, 0.717) is 12.2 Å². The number of rotatable bonds is 8. The summed E-state index contributed by atoms with van der Waals surface area (Å²) >= 11 is 1.58. The topological polar surface area (TPSA) is 55.8 Å². The molecular weight excluding hydrogens is 278 g/mol. The number of thioether (sulfide) groups is 1. The Morgan fingerprint density at radius 1 is 1.10 bits per heavy atom. The molecule has 20 heavy (non-hydrogen) atoms. The number of hydrogen-bond donors (Lipinski definition) is 0. The number of methoxy groups -OCH3 is 2. The summed E-state index contributed by atoms with van der Waals surface area (Å²) in [6, 6.07) is 0. The molecule has 0 aliphatic carbocycles. The van der Waals surface area contributed by atoms with Gasteiger partial charge in [-0.25, -0.2) is 0 Å². The fourth-order valence-electron chi connectivity index (χ4n) is 2.28. The zero-order chi connectivity index (χ0) is 14.8. The molecule has 0 amide bonds. The van der Waals surface area contributed by atoms with Crippen LogP contribution in [-0.4, -0.2) is 61.7 Å². The summed E-state index contributed by atoms with van der Waals surface area (Å²) in [5, 5.41) is 0.270. The molecule has 0 N–H and O–H groups in total. The van der Waals surface area contributed by atoms with Gasteiger partial charge in [0.2, 0.25) is 0 Å². The minimum atomic E-state index is -0.211. The van der Waals surface area contributed by atoms with Gasteiger partial charge in [-0.15, -0.1) is 11.8 Å². The summed E-state index contributed by atoms with van der Waals surface area (Å²) in [7, 11) is 2.81. The Labute approximate surface area is 125 Å². The van der Waals surface area contributed by atoms with Crippen molar-refractivity contribution in [2.45, 2.75) is 37.4 Å². The smallest absolute Gasteiger partial charge is 0.315 e. The second-order valence-corrected chi connectivity index (χ2v) is 6.27. The Balaban J connectivity index is 2.39. The number of piperidine rings is 1. The number of hydrogen-bond acceptors (Lipinski definition) is 6. The summed E-state index contributed by atoms with van der Waals surface area (Å²) in [6.45, 7) is 3.17. The average Bonchev–Trinajstić information content (AvgIpc) is 2.50. The van der Waals surface area contributed by atoms with E-state index in [1.807, 2.05) is 0 Å². The van der Waals surface area contributed by atoms with E-state index in [1.165, 1.54) is 33.5 Å². The number of nitrogens with zero attached hydrogens (tertiary/aromatic N) is 1. The minimum Gasteiger partial charge on any atom is -0.469 e.